The second-order valence-corrected chi connectivity index (χ2v) is 9.03. The lowest BCUT2D eigenvalue weighted by Crippen LogP contribution is -2.47. The minimum absolute atomic E-state index is 0.00592. The summed E-state index contributed by atoms with van der Waals surface area (Å²) in [4.78, 5) is 19.0. The lowest BCUT2D eigenvalue weighted by Gasteiger charge is -2.39. The van der Waals surface area contributed by atoms with Crippen molar-refractivity contribution in [3.05, 3.63) is 70.5 Å². The number of nitrogens with zero attached hydrogens (tertiary/aromatic N) is 2. The topological polar surface area (TPSA) is 58.0 Å². The summed E-state index contributed by atoms with van der Waals surface area (Å²) in [5.41, 5.74) is 2.23. The average molecular weight is 454 g/mol. The Kier molecular flexibility index (Phi) is 7.29. The minimum atomic E-state index is -0.227. The summed E-state index contributed by atoms with van der Waals surface area (Å²) >= 11 is 1.64. The van der Waals surface area contributed by atoms with Gasteiger partial charge in [0.15, 0.2) is 5.76 Å². The Bertz CT molecular complexity index is 1020. The van der Waals surface area contributed by atoms with E-state index in [0.717, 1.165) is 61.0 Å². The normalized spacial score (nSPS) is 16.1. The van der Waals surface area contributed by atoms with E-state index in [1.807, 2.05) is 12.1 Å². The van der Waals surface area contributed by atoms with Crippen LogP contribution in [0.15, 0.2) is 53.1 Å². The molecule has 3 aromatic rings. The minimum Gasteiger partial charge on any atom is -0.496 e. The van der Waals surface area contributed by atoms with Crippen LogP contribution in [0.2, 0.25) is 0 Å². The number of carbonyl (C=O) groups is 1. The Hall–Kier alpha value is -2.61. The molecule has 0 bridgehead atoms. The Balaban J connectivity index is 1.75. The molecule has 3 heterocycles. The molecule has 1 atom stereocenters. The highest BCUT2D eigenvalue weighted by Crippen LogP contribution is 2.42. The maximum atomic E-state index is 12.8. The molecule has 1 N–H and O–H groups in total. The van der Waals surface area contributed by atoms with Gasteiger partial charge in [0.2, 0.25) is 0 Å². The standard InChI is InChI=1S/C25H31N3O3S/c1-4-18-17-20(25(32-18)26-24(29)22-11-8-16-31-22)23(19-9-6-7-10-21(19)30-3)28-14-12-27(5-2)13-15-28/h6-11,16-17,23H,4-5,12-15H2,1-3H3,(H,26,29)/t23-/m0/s1. The number of aryl methyl sites for hydroxylation is 1. The van der Waals surface area contributed by atoms with Crippen molar-refractivity contribution in [3.8, 4) is 5.75 Å². The summed E-state index contributed by atoms with van der Waals surface area (Å²) in [7, 11) is 1.72. The number of ether oxygens (including phenoxy) is 1. The zero-order valence-electron chi connectivity index (χ0n) is 19.0. The van der Waals surface area contributed by atoms with Gasteiger partial charge in [-0.05, 0) is 37.2 Å². The number of hydrogen-bond donors (Lipinski definition) is 1. The number of benzene rings is 1. The first-order valence-electron chi connectivity index (χ1n) is 11.2. The third-order valence-corrected chi connectivity index (χ3v) is 7.29. The first-order valence-corrected chi connectivity index (χ1v) is 12.0. The van der Waals surface area contributed by atoms with E-state index in [2.05, 4.69) is 47.2 Å². The number of hydrogen-bond acceptors (Lipinski definition) is 6. The highest BCUT2D eigenvalue weighted by molar-refractivity contribution is 7.16. The number of amides is 1. The van der Waals surface area contributed by atoms with Crippen molar-refractivity contribution in [1.82, 2.24) is 9.80 Å². The van der Waals surface area contributed by atoms with Crippen molar-refractivity contribution in [2.24, 2.45) is 0 Å². The van der Waals surface area contributed by atoms with Crippen LogP contribution in [0, 0.1) is 0 Å². The molecule has 1 aromatic carbocycles. The van der Waals surface area contributed by atoms with E-state index < -0.39 is 0 Å². The van der Waals surface area contributed by atoms with Gasteiger partial charge in [-0.25, -0.2) is 0 Å². The molecule has 7 heteroatoms. The lowest BCUT2D eigenvalue weighted by molar-refractivity contribution is 0.0995. The van der Waals surface area contributed by atoms with Crippen LogP contribution in [0.3, 0.4) is 0 Å². The van der Waals surface area contributed by atoms with Crippen molar-refractivity contribution in [2.45, 2.75) is 26.3 Å². The average Bonchev–Trinajstić information content (AvgIpc) is 3.51. The van der Waals surface area contributed by atoms with Crippen molar-refractivity contribution >= 4 is 22.2 Å². The number of furan rings is 1. The molecule has 1 fully saturated rings. The molecule has 2 aromatic heterocycles. The predicted octanol–water partition coefficient (Wildman–Crippen LogP) is 4.89. The number of thiophene rings is 1. The van der Waals surface area contributed by atoms with Crippen molar-refractivity contribution < 1.29 is 13.9 Å². The van der Waals surface area contributed by atoms with E-state index in [1.165, 1.54) is 11.1 Å². The molecule has 0 spiro atoms. The zero-order valence-corrected chi connectivity index (χ0v) is 19.8. The molecule has 1 aliphatic rings. The van der Waals surface area contributed by atoms with E-state index in [1.54, 1.807) is 30.6 Å². The van der Waals surface area contributed by atoms with Crippen LogP contribution in [0.5, 0.6) is 5.75 Å². The smallest absolute Gasteiger partial charge is 0.291 e. The highest BCUT2D eigenvalue weighted by Gasteiger charge is 2.31. The number of likely N-dealkylation sites (N-methyl/N-ethyl adjacent to an activating group) is 1. The van der Waals surface area contributed by atoms with Gasteiger partial charge in [-0.2, -0.15) is 0 Å². The first kappa shape index (κ1) is 22.6. The molecule has 1 saturated heterocycles. The molecule has 6 nitrogen and oxygen atoms in total. The number of rotatable bonds is 8. The number of para-hydroxylation sites is 1. The van der Waals surface area contributed by atoms with Gasteiger partial charge >= 0.3 is 0 Å². The third-order valence-electron chi connectivity index (χ3n) is 6.08. The van der Waals surface area contributed by atoms with Crippen LogP contribution < -0.4 is 10.1 Å². The molecule has 0 saturated carbocycles. The molecule has 170 valence electrons. The molecular formula is C25H31N3O3S. The SMILES string of the molecule is CCc1cc([C@H](c2ccccc2OC)N2CCN(CC)CC2)c(NC(=O)c2ccco2)s1. The van der Waals surface area contributed by atoms with Crippen LogP contribution in [0.1, 0.15) is 46.4 Å². The van der Waals surface area contributed by atoms with Crippen LogP contribution in [0.4, 0.5) is 5.00 Å². The monoisotopic (exact) mass is 453 g/mol. The number of nitrogens with one attached hydrogen (secondary N) is 1. The van der Waals surface area contributed by atoms with Gasteiger partial charge in [0.05, 0.1) is 19.4 Å². The Morgan fingerprint density at radius 2 is 1.91 bits per heavy atom. The second-order valence-electron chi connectivity index (χ2n) is 7.90. The number of methoxy groups -OCH3 is 1. The Labute approximate surface area is 193 Å². The first-order chi connectivity index (χ1) is 15.6. The quantitative estimate of drug-likeness (QED) is 0.526. The Morgan fingerprint density at radius 1 is 1.12 bits per heavy atom. The van der Waals surface area contributed by atoms with Gasteiger partial charge in [-0.1, -0.05) is 32.0 Å². The number of anilines is 1. The summed E-state index contributed by atoms with van der Waals surface area (Å²) in [6.45, 7) is 9.39. The van der Waals surface area contributed by atoms with Gasteiger partial charge in [0.25, 0.3) is 5.91 Å². The second kappa shape index (κ2) is 10.3. The lowest BCUT2D eigenvalue weighted by atomic mass is 9.96. The fourth-order valence-electron chi connectivity index (χ4n) is 4.30. The summed E-state index contributed by atoms with van der Waals surface area (Å²) in [6, 6.07) is 13.9. The Morgan fingerprint density at radius 3 is 2.56 bits per heavy atom. The van der Waals surface area contributed by atoms with E-state index in [4.69, 9.17) is 9.15 Å². The molecule has 1 amide bonds. The van der Waals surface area contributed by atoms with Gasteiger partial charge in [0.1, 0.15) is 10.8 Å². The van der Waals surface area contributed by atoms with Crippen LogP contribution >= 0.6 is 11.3 Å². The van der Waals surface area contributed by atoms with Crippen LogP contribution in [-0.4, -0.2) is 55.5 Å². The molecule has 4 rings (SSSR count). The summed E-state index contributed by atoms with van der Waals surface area (Å²) in [5, 5.41) is 3.99. The third kappa shape index (κ3) is 4.75. The van der Waals surface area contributed by atoms with Gasteiger partial charge in [-0.3, -0.25) is 9.69 Å². The zero-order chi connectivity index (χ0) is 22.5. The van der Waals surface area contributed by atoms with Crippen molar-refractivity contribution in [1.29, 1.82) is 0 Å². The van der Waals surface area contributed by atoms with Gasteiger partial charge in [0, 0.05) is 42.2 Å². The fraction of sp³-hybridized carbons (Fsp3) is 0.400. The number of piperazine rings is 1. The van der Waals surface area contributed by atoms with E-state index in [9.17, 15) is 4.79 Å². The van der Waals surface area contributed by atoms with Crippen molar-refractivity contribution in [3.63, 3.8) is 0 Å². The van der Waals surface area contributed by atoms with E-state index in [-0.39, 0.29) is 11.9 Å². The van der Waals surface area contributed by atoms with Crippen LogP contribution in [-0.2, 0) is 6.42 Å². The van der Waals surface area contributed by atoms with Crippen LogP contribution in [0.25, 0.3) is 0 Å². The molecular weight excluding hydrogens is 422 g/mol. The molecule has 32 heavy (non-hydrogen) atoms. The van der Waals surface area contributed by atoms with E-state index in [0.29, 0.717) is 5.76 Å². The summed E-state index contributed by atoms with van der Waals surface area (Å²) in [6.07, 6.45) is 2.43. The summed E-state index contributed by atoms with van der Waals surface area (Å²) < 4.78 is 11.1. The van der Waals surface area contributed by atoms with Gasteiger partial charge < -0.3 is 19.4 Å². The van der Waals surface area contributed by atoms with E-state index >= 15 is 0 Å². The fourth-order valence-corrected chi connectivity index (χ4v) is 5.32. The van der Waals surface area contributed by atoms with Crippen molar-refractivity contribution in [2.75, 3.05) is 45.2 Å². The molecule has 1 aliphatic heterocycles. The largest absolute Gasteiger partial charge is 0.496 e. The summed E-state index contributed by atoms with van der Waals surface area (Å²) in [5.74, 6) is 0.950. The maximum Gasteiger partial charge on any atom is 0.291 e. The predicted molar refractivity (Wildman–Crippen MR) is 129 cm³/mol. The van der Waals surface area contributed by atoms with Gasteiger partial charge in [-0.15, -0.1) is 11.3 Å². The highest BCUT2D eigenvalue weighted by atomic mass is 32.1. The molecule has 0 aliphatic carbocycles. The molecule has 0 radical (unpaired) electrons. The maximum absolute atomic E-state index is 12.8. The number of carbonyl (C=O) groups excluding carboxylic acids is 1. The molecule has 0 unspecified atom stereocenters.